The molecular formula is C22H27N3O2. The Bertz CT molecular complexity index is 824. The predicted molar refractivity (Wildman–Crippen MR) is 107 cm³/mol. The molecule has 1 aromatic carbocycles. The third-order valence-corrected chi connectivity index (χ3v) is 5.03. The Morgan fingerprint density at radius 3 is 2.26 bits per heavy atom. The van der Waals surface area contributed by atoms with E-state index in [0.29, 0.717) is 0 Å². The zero-order valence-corrected chi connectivity index (χ0v) is 16.0. The van der Waals surface area contributed by atoms with Crippen molar-refractivity contribution in [2.75, 3.05) is 5.32 Å². The Morgan fingerprint density at radius 1 is 0.926 bits per heavy atom. The minimum Gasteiger partial charge on any atom is -0.348 e. The normalized spacial score (nSPS) is 15.0. The lowest BCUT2D eigenvalue weighted by molar-refractivity contribution is 0.0928. The monoisotopic (exact) mass is 365 g/mol. The maximum atomic E-state index is 12.6. The second-order valence-electron chi connectivity index (χ2n) is 7.34. The van der Waals surface area contributed by atoms with E-state index in [1.165, 1.54) is 12.8 Å². The van der Waals surface area contributed by atoms with Crippen LogP contribution >= 0.6 is 0 Å². The van der Waals surface area contributed by atoms with Crippen molar-refractivity contribution in [1.82, 2.24) is 10.3 Å². The lowest BCUT2D eigenvalue weighted by Gasteiger charge is -2.16. The van der Waals surface area contributed by atoms with Gasteiger partial charge in [-0.15, -0.1) is 0 Å². The molecule has 1 saturated carbocycles. The van der Waals surface area contributed by atoms with Crippen LogP contribution in [-0.2, 0) is 0 Å². The summed E-state index contributed by atoms with van der Waals surface area (Å²) in [6, 6.07) is 11.0. The Morgan fingerprint density at radius 2 is 1.59 bits per heavy atom. The molecule has 0 bridgehead atoms. The summed E-state index contributed by atoms with van der Waals surface area (Å²) in [5.74, 6) is -0.519. The lowest BCUT2D eigenvalue weighted by atomic mass is 10.1. The van der Waals surface area contributed by atoms with E-state index in [1.54, 1.807) is 18.2 Å². The molecule has 0 spiro atoms. The third kappa shape index (κ3) is 5.16. The van der Waals surface area contributed by atoms with Crippen molar-refractivity contribution in [2.24, 2.45) is 0 Å². The smallest absolute Gasteiger partial charge is 0.274 e. The van der Waals surface area contributed by atoms with Crippen molar-refractivity contribution < 1.29 is 9.59 Å². The van der Waals surface area contributed by atoms with Crippen LogP contribution in [0.5, 0.6) is 0 Å². The van der Waals surface area contributed by atoms with Crippen LogP contribution in [0.25, 0.3) is 0 Å². The summed E-state index contributed by atoms with van der Waals surface area (Å²) in [5.41, 5.74) is 3.41. The molecule has 1 fully saturated rings. The average Bonchev–Trinajstić information content (AvgIpc) is 2.92. The van der Waals surface area contributed by atoms with E-state index in [4.69, 9.17) is 0 Å². The van der Waals surface area contributed by atoms with Gasteiger partial charge in [0.2, 0.25) is 0 Å². The minimum atomic E-state index is -0.314. The molecule has 0 saturated heterocycles. The number of carbonyl (C=O) groups is 2. The Balaban J connectivity index is 1.68. The molecule has 1 aliphatic rings. The number of aromatic nitrogens is 1. The summed E-state index contributed by atoms with van der Waals surface area (Å²) in [5, 5.41) is 5.95. The molecule has 2 amide bonds. The van der Waals surface area contributed by atoms with Gasteiger partial charge < -0.3 is 10.6 Å². The molecule has 3 rings (SSSR count). The first kappa shape index (κ1) is 19.1. The fourth-order valence-corrected chi connectivity index (χ4v) is 3.51. The summed E-state index contributed by atoms with van der Waals surface area (Å²) >= 11 is 0. The standard InChI is InChI=1S/C22H27N3O2/c1-15-12-13-18(16(2)14-15)25-22(27)20-11-7-10-19(24-20)21(26)23-17-8-5-3-4-6-9-17/h7,10-14,17H,3-6,8-9H2,1-2H3,(H,23,26)(H,25,27). The average molecular weight is 365 g/mol. The summed E-state index contributed by atoms with van der Waals surface area (Å²) < 4.78 is 0. The van der Waals surface area contributed by atoms with Gasteiger partial charge in [0, 0.05) is 11.7 Å². The number of hydrogen-bond donors (Lipinski definition) is 2. The molecule has 1 aromatic heterocycles. The second kappa shape index (κ2) is 8.80. The number of nitrogens with one attached hydrogen (secondary N) is 2. The summed E-state index contributed by atoms with van der Waals surface area (Å²) in [6.45, 7) is 3.96. The molecule has 2 aromatic rings. The van der Waals surface area contributed by atoms with E-state index in [9.17, 15) is 9.59 Å². The van der Waals surface area contributed by atoms with Crippen molar-refractivity contribution in [3.63, 3.8) is 0 Å². The largest absolute Gasteiger partial charge is 0.348 e. The van der Waals surface area contributed by atoms with Gasteiger partial charge >= 0.3 is 0 Å². The van der Waals surface area contributed by atoms with Gasteiger partial charge in [-0.3, -0.25) is 9.59 Å². The first-order valence-electron chi connectivity index (χ1n) is 9.69. The van der Waals surface area contributed by atoms with Crippen molar-refractivity contribution in [1.29, 1.82) is 0 Å². The third-order valence-electron chi connectivity index (χ3n) is 5.03. The van der Waals surface area contributed by atoms with E-state index in [2.05, 4.69) is 15.6 Å². The Hall–Kier alpha value is -2.69. The van der Waals surface area contributed by atoms with Gasteiger partial charge in [-0.05, 0) is 50.5 Å². The Kier molecular flexibility index (Phi) is 6.22. The van der Waals surface area contributed by atoms with Gasteiger partial charge in [0.05, 0.1) is 0 Å². The van der Waals surface area contributed by atoms with Crippen molar-refractivity contribution in [2.45, 2.75) is 58.4 Å². The van der Waals surface area contributed by atoms with Crippen LogP contribution < -0.4 is 10.6 Å². The van der Waals surface area contributed by atoms with Gasteiger partial charge in [0.15, 0.2) is 0 Å². The molecule has 142 valence electrons. The molecule has 0 unspecified atom stereocenters. The van der Waals surface area contributed by atoms with Gasteiger partial charge in [-0.1, -0.05) is 49.4 Å². The number of anilines is 1. The van der Waals surface area contributed by atoms with Crippen LogP contribution in [0.3, 0.4) is 0 Å². The highest BCUT2D eigenvalue weighted by Gasteiger charge is 2.18. The van der Waals surface area contributed by atoms with Gasteiger partial charge in [0.1, 0.15) is 11.4 Å². The van der Waals surface area contributed by atoms with Crippen molar-refractivity contribution in [3.8, 4) is 0 Å². The molecule has 2 N–H and O–H groups in total. The maximum Gasteiger partial charge on any atom is 0.274 e. The lowest BCUT2D eigenvalue weighted by Crippen LogP contribution is -2.35. The predicted octanol–water partition coefficient (Wildman–Crippen LogP) is 4.40. The van der Waals surface area contributed by atoms with Crippen LogP contribution in [0.1, 0.15) is 70.6 Å². The second-order valence-corrected chi connectivity index (χ2v) is 7.34. The van der Waals surface area contributed by atoms with Crippen molar-refractivity contribution in [3.05, 3.63) is 58.9 Å². The number of rotatable bonds is 4. The number of benzene rings is 1. The summed E-state index contributed by atoms with van der Waals surface area (Å²) in [4.78, 5) is 29.4. The molecule has 0 aliphatic heterocycles. The number of nitrogens with zero attached hydrogens (tertiary/aromatic N) is 1. The highest BCUT2D eigenvalue weighted by atomic mass is 16.2. The maximum absolute atomic E-state index is 12.6. The van der Waals surface area contributed by atoms with Crippen LogP contribution in [0.4, 0.5) is 5.69 Å². The molecule has 27 heavy (non-hydrogen) atoms. The zero-order chi connectivity index (χ0) is 19.2. The molecule has 1 aliphatic carbocycles. The fraction of sp³-hybridized carbons (Fsp3) is 0.409. The van der Waals surface area contributed by atoms with Crippen LogP contribution in [0, 0.1) is 13.8 Å². The van der Waals surface area contributed by atoms with E-state index in [1.807, 2.05) is 32.0 Å². The van der Waals surface area contributed by atoms with E-state index < -0.39 is 0 Å². The first-order chi connectivity index (χ1) is 13.0. The highest BCUT2D eigenvalue weighted by Crippen LogP contribution is 2.18. The number of carbonyl (C=O) groups excluding carboxylic acids is 2. The quantitative estimate of drug-likeness (QED) is 0.789. The van der Waals surface area contributed by atoms with Crippen LogP contribution in [-0.4, -0.2) is 22.8 Å². The molecule has 5 nitrogen and oxygen atoms in total. The van der Waals surface area contributed by atoms with E-state index in [-0.39, 0.29) is 29.2 Å². The topological polar surface area (TPSA) is 71.1 Å². The van der Waals surface area contributed by atoms with Crippen LogP contribution in [0.15, 0.2) is 36.4 Å². The van der Waals surface area contributed by atoms with E-state index in [0.717, 1.165) is 42.5 Å². The fourth-order valence-electron chi connectivity index (χ4n) is 3.51. The number of hydrogen-bond acceptors (Lipinski definition) is 3. The number of pyridine rings is 1. The molecule has 0 radical (unpaired) electrons. The van der Waals surface area contributed by atoms with Gasteiger partial charge in [-0.2, -0.15) is 0 Å². The Labute approximate surface area is 160 Å². The van der Waals surface area contributed by atoms with Crippen LogP contribution in [0.2, 0.25) is 0 Å². The summed E-state index contributed by atoms with van der Waals surface area (Å²) in [7, 11) is 0. The van der Waals surface area contributed by atoms with E-state index >= 15 is 0 Å². The number of amides is 2. The molecule has 1 heterocycles. The molecular weight excluding hydrogens is 338 g/mol. The van der Waals surface area contributed by atoms with Gasteiger partial charge in [0.25, 0.3) is 11.8 Å². The molecule has 5 heteroatoms. The minimum absolute atomic E-state index is 0.203. The van der Waals surface area contributed by atoms with Crippen molar-refractivity contribution >= 4 is 17.5 Å². The molecule has 0 atom stereocenters. The number of aryl methyl sites for hydroxylation is 2. The highest BCUT2D eigenvalue weighted by molar-refractivity contribution is 6.04. The first-order valence-corrected chi connectivity index (χ1v) is 9.69. The zero-order valence-electron chi connectivity index (χ0n) is 16.0. The summed E-state index contributed by atoms with van der Waals surface area (Å²) in [6.07, 6.45) is 6.79. The van der Waals surface area contributed by atoms with Gasteiger partial charge in [-0.25, -0.2) is 4.98 Å². The SMILES string of the molecule is Cc1ccc(NC(=O)c2cccc(C(=O)NC3CCCCCC3)n2)c(C)c1.